The van der Waals surface area contributed by atoms with Crippen LogP contribution in [0.15, 0.2) is 18.2 Å². The summed E-state index contributed by atoms with van der Waals surface area (Å²) in [6, 6.07) is 5.81. The molecule has 1 atom stereocenters. The highest BCUT2D eigenvalue weighted by molar-refractivity contribution is 6.31. The van der Waals surface area contributed by atoms with E-state index in [1.807, 2.05) is 18.2 Å². The molecule has 2 nitrogen and oxygen atoms in total. The van der Waals surface area contributed by atoms with Gasteiger partial charge in [0.2, 0.25) is 0 Å². The molecule has 3 heteroatoms. The van der Waals surface area contributed by atoms with E-state index < -0.39 is 6.10 Å². The smallest absolute Gasteiger partial charge is 0.0776 e. The summed E-state index contributed by atoms with van der Waals surface area (Å²) in [5, 5.41) is 10.1. The highest BCUT2D eigenvalue weighted by Gasteiger charge is 2.08. The van der Waals surface area contributed by atoms with Gasteiger partial charge < -0.3 is 10.0 Å². The molecule has 90 valence electrons. The number of halogens is 1. The van der Waals surface area contributed by atoms with Crippen molar-refractivity contribution >= 4 is 17.3 Å². The molecule has 1 rings (SSSR count). The molecule has 0 fully saturated rings. The lowest BCUT2D eigenvalue weighted by Crippen LogP contribution is -2.18. The summed E-state index contributed by atoms with van der Waals surface area (Å²) in [6.45, 7) is 4.93. The van der Waals surface area contributed by atoms with Gasteiger partial charge in [0.25, 0.3) is 0 Å². The normalized spacial score (nSPS) is 12.6. The fraction of sp³-hybridized carbons (Fsp3) is 0.538. The Bertz CT molecular complexity index is 339. The summed E-state index contributed by atoms with van der Waals surface area (Å²) in [5.74, 6) is 0. The molecule has 1 unspecified atom stereocenters. The molecule has 1 N–H and O–H groups in total. The van der Waals surface area contributed by atoms with Crippen molar-refractivity contribution in [2.75, 3.05) is 18.5 Å². The van der Waals surface area contributed by atoms with Gasteiger partial charge in [0.15, 0.2) is 0 Å². The molecule has 0 aromatic heterocycles. The van der Waals surface area contributed by atoms with Gasteiger partial charge in [-0.1, -0.05) is 31.0 Å². The fourth-order valence-corrected chi connectivity index (χ4v) is 1.95. The number of unbranched alkanes of at least 4 members (excludes halogenated alkanes) is 1. The van der Waals surface area contributed by atoms with Crippen LogP contribution in [0, 0.1) is 0 Å². The monoisotopic (exact) mass is 241 g/mol. The second-order valence-electron chi connectivity index (χ2n) is 4.16. The molecular formula is C13H20ClNO. The minimum atomic E-state index is -0.512. The quantitative estimate of drug-likeness (QED) is 0.851. The van der Waals surface area contributed by atoms with E-state index in [1.165, 1.54) is 12.8 Å². The number of nitrogens with zero attached hydrogens (tertiary/aromatic N) is 1. The van der Waals surface area contributed by atoms with Crippen LogP contribution in [0.1, 0.15) is 38.4 Å². The summed E-state index contributed by atoms with van der Waals surface area (Å²) in [7, 11) is 2.06. The summed E-state index contributed by atoms with van der Waals surface area (Å²) in [5.41, 5.74) is 1.89. The van der Waals surface area contributed by atoms with E-state index >= 15 is 0 Å². The Balaban J connectivity index is 2.80. The maximum atomic E-state index is 9.48. The van der Waals surface area contributed by atoms with Crippen molar-refractivity contribution in [3.8, 4) is 0 Å². The summed E-state index contributed by atoms with van der Waals surface area (Å²) < 4.78 is 0. The van der Waals surface area contributed by atoms with Crippen molar-refractivity contribution in [1.82, 2.24) is 0 Å². The van der Waals surface area contributed by atoms with Gasteiger partial charge in [0.05, 0.1) is 6.10 Å². The molecule has 0 aliphatic rings. The van der Waals surface area contributed by atoms with E-state index in [9.17, 15) is 5.11 Å². The van der Waals surface area contributed by atoms with E-state index in [0.29, 0.717) is 5.02 Å². The first-order chi connectivity index (χ1) is 7.56. The average molecular weight is 242 g/mol. The number of benzene rings is 1. The van der Waals surface area contributed by atoms with Crippen molar-refractivity contribution in [2.24, 2.45) is 0 Å². The number of hydrogen-bond donors (Lipinski definition) is 1. The van der Waals surface area contributed by atoms with Crippen molar-refractivity contribution in [3.63, 3.8) is 0 Å². The van der Waals surface area contributed by atoms with Crippen molar-refractivity contribution in [2.45, 2.75) is 32.8 Å². The van der Waals surface area contributed by atoms with Gasteiger partial charge in [-0.3, -0.25) is 0 Å². The largest absolute Gasteiger partial charge is 0.389 e. The number of aliphatic hydroxyl groups is 1. The first-order valence-corrected chi connectivity index (χ1v) is 6.12. The Morgan fingerprint density at radius 1 is 1.44 bits per heavy atom. The Morgan fingerprint density at radius 2 is 2.12 bits per heavy atom. The van der Waals surface area contributed by atoms with Gasteiger partial charge in [-0.05, 0) is 31.0 Å². The predicted octanol–water partition coefficient (Wildman–Crippen LogP) is 3.63. The summed E-state index contributed by atoms with van der Waals surface area (Å²) >= 11 is 6.12. The van der Waals surface area contributed by atoms with E-state index in [2.05, 4.69) is 18.9 Å². The predicted molar refractivity (Wildman–Crippen MR) is 70.3 cm³/mol. The second kappa shape index (κ2) is 6.12. The molecule has 16 heavy (non-hydrogen) atoms. The van der Waals surface area contributed by atoms with Gasteiger partial charge in [-0.25, -0.2) is 0 Å². The number of anilines is 1. The van der Waals surface area contributed by atoms with Gasteiger partial charge in [-0.15, -0.1) is 0 Å². The molecule has 0 aliphatic heterocycles. The van der Waals surface area contributed by atoms with E-state index in [-0.39, 0.29) is 0 Å². The van der Waals surface area contributed by atoms with Gasteiger partial charge in [0, 0.05) is 24.3 Å². The molecule has 0 radical (unpaired) electrons. The fourth-order valence-electron chi connectivity index (χ4n) is 1.62. The minimum absolute atomic E-state index is 0.512. The highest BCUT2D eigenvalue weighted by Crippen LogP contribution is 2.27. The maximum Gasteiger partial charge on any atom is 0.0776 e. The highest BCUT2D eigenvalue weighted by atomic mass is 35.5. The van der Waals surface area contributed by atoms with Gasteiger partial charge >= 0.3 is 0 Å². The molecular weight excluding hydrogens is 222 g/mol. The van der Waals surface area contributed by atoms with E-state index in [4.69, 9.17) is 11.6 Å². The number of hydrogen-bond acceptors (Lipinski definition) is 2. The van der Waals surface area contributed by atoms with Crippen molar-refractivity contribution < 1.29 is 5.11 Å². The molecule has 1 aromatic rings. The Kier molecular flexibility index (Phi) is 5.10. The lowest BCUT2D eigenvalue weighted by Gasteiger charge is -2.20. The Hall–Kier alpha value is -0.730. The minimum Gasteiger partial charge on any atom is -0.389 e. The van der Waals surface area contributed by atoms with E-state index in [1.54, 1.807) is 6.92 Å². The lowest BCUT2D eigenvalue weighted by atomic mass is 10.1. The third kappa shape index (κ3) is 3.39. The van der Waals surface area contributed by atoms with Gasteiger partial charge in [-0.2, -0.15) is 0 Å². The van der Waals surface area contributed by atoms with Crippen LogP contribution in [0.25, 0.3) is 0 Å². The zero-order valence-electron chi connectivity index (χ0n) is 10.2. The Labute approximate surface area is 103 Å². The second-order valence-corrected chi connectivity index (χ2v) is 4.56. The molecule has 0 aliphatic carbocycles. The summed E-state index contributed by atoms with van der Waals surface area (Å²) in [4.78, 5) is 2.18. The summed E-state index contributed by atoms with van der Waals surface area (Å²) in [6.07, 6.45) is 1.85. The first-order valence-electron chi connectivity index (χ1n) is 5.75. The van der Waals surface area contributed by atoms with E-state index in [0.717, 1.165) is 17.8 Å². The molecule has 0 saturated heterocycles. The van der Waals surface area contributed by atoms with Gasteiger partial charge in [0.1, 0.15) is 0 Å². The zero-order chi connectivity index (χ0) is 12.1. The van der Waals surface area contributed by atoms with Crippen LogP contribution in [-0.2, 0) is 0 Å². The molecule has 0 saturated carbocycles. The zero-order valence-corrected chi connectivity index (χ0v) is 11.0. The molecule has 0 spiro atoms. The third-order valence-electron chi connectivity index (χ3n) is 2.72. The molecule has 0 amide bonds. The van der Waals surface area contributed by atoms with Crippen molar-refractivity contribution in [1.29, 1.82) is 0 Å². The molecule has 1 aromatic carbocycles. The maximum absolute atomic E-state index is 9.48. The van der Waals surface area contributed by atoms with Crippen LogP contribution < -0.4 is 4.90 Å². The van der Waals surface area contributed by atoms with Crippen LogP contribution in [-0.4, -0.2) is 18.7 Å². The third-order valence-corrected chi connectivity index (χ3v) is 3.05. The number of rotatable bonds is 5. The van der Waals surface area contributed by atoms with Crippen molar-refractivity contribution in [3.05, 3.63) is 28.8 Å². The first kappa shape index (κ1) is 13.3. The van der Waals surface area contributed by atoms with Crippen LogP contribution >= 0.6 is 11.6 Å². The average Bonchev–Trinajstić information content (AvgIpc) is 2.25. The number of aliphatic hydroxyl groups excluding tert-OH is 1. The molecule has 0 bridgehead atoms. The SMILES string of the molecule is CCCCN(C)c1ccc(C(C)O)c(Cl)c1. The van der Waals surface area contributed by atoms with Crippen LogP contribution in [0.3, 0.4) is 0 Å². The van der Waals surface area contributed by atoms with Crippen LogP contribution in [0.4, 0.5) is 5.69 Å². The molecule has 0 heterocycles. The van der Waals surface area contributed by atoms with Crippen LogP contribution in [0.5, 0.6) is 0 Å². The Morgan fingerprint density at radius 3 is 2.62 bits per heavy atom. The lowest BCUT2D eigenvalue weighted by molar-refractivity contribution is 0.199. The standard InChI is InChI=1S/C13H20ClNO/c1-4-5-8-15(3)11-6-7-12(10(2)16)13(14)9-11/h6-7,9-10,16H,4-5,8H2,1-3H3. The van der Waals surface area contributed by atoms with Crippen LogP contribution in [0.2, 0.25) is 5.02 Å². The topological polar surface area (TPSA) is 23.5 Å².